The Morgan fingerprint density at radius 1 is 1.23 bits per heavy atom. The summed E-state index contributed by atoms with van der Waals surface area (Å²) in [6, 6.07) is 9.03. The number of rotatable bonds is 6. The van der Waals surface area contributed by atoms with E-state index in [1.54, 1.807) is 49.6 Å². The van der Waals surface area contributed by atoms with Gasteiger partial charge in [-0.3, -0.25) is 4.79 Å². The van der Waals surface area contributed by atoms with Crippen LogP contribution in [0, 0.1) is 0 Å². The van der Waals surface area contributed by atoms with Crippen molar-refractivity contribution in [2.75, 3.05) is 27.3 Å². The Bertz CT molecular complexity index is 780. The number of hydrogen-bond acceptors (Lipinski definition) is 6. The topological polar surface area (TPSA) is 73.8 Å². The van der Waals surface area contributed by atoms with Crippen molar-refractivity contribution in [1.82, 2.24) is 15.1 Å². The summed E-state index contributed by atoms with van der Waals surface area (Å²) in [4.78, 5) is 14.2. The maximum absolute atomic E-state index is 12.4. The van der Waals surface area contributed by atoms with Crippen molar-refractivity contribution in [2.45, 2.75) is 12.5 Å². The van der Waals surface area contributed by atoms with Gasteiger partial charge in [0, 0.05) is 31.3 Å². The zero-order valence-corrected chi connectivity index (χ0v) is 14.8. The summed E-state index contributed by atoms with van der Waals surface area (Å²) in [6.45, 7) is 1.19. The predicted octanol–water partition coefficient (Wildman–Crippen LogP) is 2.19. The standard InChI is InChI=1S/C19H21N3O4/c1-24-16-7-5-14(12-17(16)25-2)6-8-19(23)22-11-9-15(13-22)26-18-4-3-10-20-21-18/h3-8,10,12,15H,9,11,13H2,1-2H3/b8-6+. The molecule has 136 valence electrons. The number of aromatic nitrogens is 2. The first-order valence-electron chi connectivity index (χ1n) is 8.33. The Kier molecular flexibility index (Phi) is 5.68. The average Bonchev–Trinajstić information content (AvgIpc) is 3.15. The molecule has 1 unspecified atom stereocenters. The molecule has 7 nitrogen and oxygen atoms in total. The molecule has 2 heterocycles. The number of carbonyl (C=O) groups excluding carboxylic acids is 1. The minimum Gasteiger partial charge on any atom is -0.493 e. The molecule has 1 aromatic carbocycles. The van der Waals surface area contributed by atoms with Crippen molar-refractivity contribution in [3.63, 3.8) is 0 Å². The third-order valence-corrected chi connectivity index (χ3v) is 4.12. The summed E-state index contributed by atoms with van der Waals surface area (Å²) in [5.74, 6) is 1.71. The third kappa shape index (κ3) is 4.30. The number of hydrogen-bond donors (Lipinski definition) is 0. The molecule has 1 saturated heterocycles. The molecule has 0 bridgehead atoms. The largest absolute Gasteiger partial charge is 0.493 e. The van der Waals surface area contributed by atoms with E-state index in [0.29, 0.717) is 30.5 Å². The summed E-state index contributed by atoms with van der Waals surface area (Å²) in [7, 11) is 3.17. The Hall–Kier alpha value is -3.09. The molecule has 0 spiro atoms. The zero-order chi connectivity index (χ0) is 18.4. The van der Waals surface area contributed by atoms with Crippen molar-refractivity contribution in [1.29, 1.82) is 0 Å². The molecule has 1 aliphatic heterocycles. The van der Waals surface area contributed by atoms with Gasteiger partial charge >= 0.3 is 0 Å². The highest BCUT2D eigenvalue weighted by atomic mass is 16.5. The van der Waals surface area contributed by atoms with Gasteiger partial charge in [0.05, 0.1) is 20.8 Å². The highest BCUT2D eigenvalue weighted by Crippen LogP contribution is 2.28. The number of amides is 1. The predicted molar refractivity (Wildman–Crippen MR) is 96.2 cm³/mol. The van der Waals surface area contributed by atoms with Gasteiger partial charge in [-0.05, 0) is 29.8 Å². The third-order valence-electron chi connectivity index (χ3n) is 4.12. The second-order valence-corrected chi connectivity index (χ2v) is 5.82. The van der Waals surface area contributed by atoms with Crippen LogP contribution in [0.25, 0.3) is 6.08 Å². The smallest absolute Gasteiger partial charge is 0.246 e. The fourth-order valence-electron chi connectivity index (χ4n) is 2.78. The molecular formula is C19H21N3O4. The molecule has 1 aliphatic rings. The first-order chi connectivity index (χ1) is 12.7. The van der Waals surface area contributed by atoms with Crippen molar-refractivity contribution >= 4 is 12.0 Å². The van der Waals surface area contributed by atoms with Gasteiger partial charge in [-0.1, -0.05) is 6.07 Å². The van der Waals surface area contributed by atoms with E-state index in [1.165, 1.54) is 0 Å². The second kappa shape index (κ2) is 8.33. The molecule has 0 radical (unpaired) electrons. The first kappa shape index (κ1) is 17.7. The quantitative estimate of drug-likeness (QED) is 0.740. The summed E-state index contributed by atoms with van der Waals surface area (Å²) in [5, 5.41) is 7.69. The normalized spacial score (nSPS) is 16.7. The molecule has 0 aliphatic carbocycles. The average molecular weight is 355 g/mol. The van der Waals surface area contributed by atoms with Crippen LogP contribution < -0.4 is 14.2 Å². The van der Waals surface area contributed by atoms with Crippen molar-refractivity contribution in [3.05, 3.63) is 48.2 Å². The lowest BCUT2D eigenvalue weighted by Gasteiger charge is -2.15. The van der Waals surface area contributed by atoms with E-state index in [2.05, 4.69) is 10.2 Å². The van der Waals surface area contributed by atoms with Crippen LogP contribution in [0.5, 0.6) is 17.4 Å². The summed E-state index contributed by atoms with van der Waals surface area (Å²) in [6.07, 6.45) is 5.63. The van der Waals surface area contributed by atoms with E-state index in [4.69, 9.17) is 14.2 Å². The Balaban J connectivity index is 1.57. The molecule has 26 heavy (non-hydrogen) atoms. The van der Waals surface area contributed by atoms with Gasteiger partial charge in [-0.15, -0.1) is 5.10 Å². The van der Waals surface area contributed by atoms with Crippen LogP contribution in [-0.2, 0) is 4.79 Å². The van der Waals surface area contributed by atoms with Gasteiger partial charge in [0.2, 0.25) is 11.8 Å². The number of methoxy groups -OCH3 is 2. The lowest BCUT2D eigenvalue weighted by atomic mass is 10.2. The van der Waals surface area contributed by atoms with Crippen LogP contribution in [0.3, 0.4) is 0 Å². The summed E-state index contributed by atoms with van der Waals surface area (Å²) in [5.41, 5.74) is 0.863. The zero-order valence-electron chi connectivity index (χ0n) is 14.8. The van der Waals surface area contributed by atoms with Crippen molar-refractivity contribution in [3.8, 4) is 17.4 Å². The molecule has 3 rings (SSSR count). The van der Waals surface area contributed by atoms with E-state index in [-0.39, 0.29) is 12.0 Å². The van der Waals surface area contributed by atoms with E-state index in [0.717, 1.165) is 12.0 Å². The molecule has 0 saturated carbocycles. The van der Waals surface area contributed by atoms with Gasteiger partial charge in [-0.2, -0.15) is 5.10 Å². The molecule has 1 aromatic heterocycles. The molecule has 7 heteroatoms. The van der Waals surface area contributed by atoms with Gasteiger partial charge < -0.3 is 19.1 Å². The Labute approximate surface area is 152 Å². The Morgan fingerprint density at radius 3 is 2.81 bits per heavy atom. The van der Waals surface area contributed by atoms with Gasteiger partial charge in [0.25, 0.3) is 0 Å². The van der Waals surface area contributed by atoms with Gasteiger partial charge in [0.15, 0.2) is 11.5 Å². The van der Waals surface area contributed by atoms with Crippen LogP contribution in [0.2, 0.25) is 0 Å². The highest BCUT2D eigenvalue weighted by molar-refractivity contribution is 5.92. The SMILES string of the molecule is COc1ccc(/C=C/C(=O)N2CCC(Oc3cccnn3)C2)cc1OC. The fraction of sp³-hybridized carbons (Fsp3) is 0.316. The van der Waals surface area contributed by atoms with Crippen molar-refractivity contribution in [2.24, 2.45) is 0 Å². The molecule has 0 N–H and O–H groups in total. The second-order valence-electron chi connectivity index (χ2n) is 5.82. The minimum atomic E-state index is -0.0647. The van der Waals surface area contributed by atoms with Crippen molar-refractivity contribution < 1.29 is 19.0 Å². The maximum atomic E-state index is 12.4. The summed E-state index contributed by atoms with van der Waals surface area (Å²) < 4.78 is 16.2. The van der Waals surface area contributed by atoms with Crippen LogP contribution in [0.1, 0.15) is 12.0 Å². The molecular weight excluding hydrogens is 334 g/mol. The molecule has 1 amide bonds. The van der Waals surface area contributed by atoms with E-state index >= 15 is 0 Å². The van der Waals surface area contributed by atoms with Crippen LogP contribution in [0.4, 0.5) is 0 Å². The molecule has 2 aromatic rings. The number of likely N-dealkylation sites (tertiary alicyclic amines) is 1. The molecule has 1 atom stereocenters. The number of benzene rings is 1. The van der Waals surface area contributed by atoms with Crippen LogP contribution >= 0.6 is 0 Å². The van der Waals surface area contributed by atoms with E-state index in [1.807, 2.05) is 18.2 Å². The minimum absolute atomic E-state index is 0.0509. The van der Waals surface area contributed by atoms with Gasteiger partial charge in [0.1, 0.15) is 6.10 Å². The lowest BCUT2D eigenvalue weighted by Crippen LogP contribution is -2.29. The number of ether oxygens (including phenoxy) is 3. The van der Waals surface area contributed by atoms with Crippen LogP contribution in [-0.4, -0.2) is 54.4 Å². The number of carbonyl (C=O) groups is 1. The molecule has 1 fully saturated rings. The Morgan fingerprint density at radius 2 is 2.08 bits per heavy atom. The monoisotopic (exact) mass is 355 g/mol. The van der Waals surface area contributed by atoms with E-state index in [9.17, 15) is 4.79 Å². The highest BCUT2D eigenvalue weighted by Gasteiger charge is 2.26. The summed E-state index contributed by atoms with van der Waals surface area (Å²) >= 11 is 0. The number of nitrogens with zero attached hydrogens (tertiary/aromatic N) is 3. The van der Waals surface area contributed by atoms with E-state index < -0.39 is 0 Å². The fourth-order valence-corrected chi connectivity index (χ4v) is 2.78. The lowest BCUT2D eigenvalue weighted by molar-refractivity contribution is -0.125. The first-order valence-corrected chi connectivity index (χ1v) is 8.33. The van der Waals surface area contributed by atoms with Crippen LogP contribution in [0.15, 0.2) is 42.6 Å². The maximum Gasteiger partial charge on any atom is 0.246 e. The van der Waals surface area contributed by atoms with Gasteiger partial charge in [-0.25, -0.2) is 0 Å².